The molecule has 1 atom stereocenters. The molecule has 0 radical (unpaired) electrons. The van der Waals surface area contributed by atoms with Crippen molar-refractivity contribution in [1.82, 2.24) is 0 Å². The van der Waals surface area contributed by atoms with Crippen LogP contribution in [0.25, 0.3) is 0 Å². The molecule has 1 heterocycles. The second kappa shape index (κ2) is 3.24. The van der Waals surface area contributed by atoms with Crippen LogP contribution in [0.5, 0.6) is 0 Å². The van der Waals surface area contributed by atoms with Crippen LogP contribution in [0, 0.1) is 0 Å². The number of dihydropyridines is 1. The Kier molecular flexibility index (Phi) is 2.55. The summed E-state index contributed by atoms with van der Waals surface area (Å²) in [7, 11) is 0. The molecule has 0 aromatic rings. The lowest BCUT2D eigenvalue weighted by Gasteiger charge is -2.13. The molecular formula is C8H13NS. The molecule has 0 spiro atoms. The quantitative estimate of drug-likeness (QED) is 0.523. The number of rotatable bonds is 0. The van der Waals surface area contributed by atoms with Crippen LogP contribution in [-0.2, 0) is 0 Å². The highest BCUT2D eigenvalue weighted by molar-refractivity contribution is 8.13. The molecule has 10 heavy (non-hydrogen) atoms. The summed E-state index contributed by atoms with van der Waals surface area (Å²) >= 11 is 1.74. The number of hydrogen-bond acceptors (Lipinski definition) is 2. The van der Waals surface area contributed by atoms with Crippen molar-refractivity contribution < 1.29 is 0 Å². The summed E-state index contributed by atoms with van der Waals surface area (Å²) < 4.78 is 0. The van der Waals surface area contributed by atoms with Crippen LogP contribution >= 0.6 is 11.8 Å². The Morgan fingerprint density at radius 2 is 2.40 bits per heavy atom. The lowest BCUT2D eigenvalue weighted by Crippen LogP contribution is -2.08. The van der Waals surface area contributed by atoms with Crippen molar-refractivity contribution in [3.05, 3.63) is 11.6 Å². The van der Waals surface area contributed by atoms with Gasteiger partial charge in [0.2, 0.25) is 0 Å². The highest BCUT2D eigenvalue weighted by atomic mass is 32.2. The maximum Gasteiger partial charge on any atom is 0.0931 e. The van der Waals surface area contributed by atoms with Crippen molar-refractivity contribution in [2.45, 2.75) is 26.3 Å². The van der Waals surface area contributed by atoms with Crippen LogP contribution in [0.4, 0.5) is 0 Å². The third-order valence-electron chi connectivity index (χ3n) is 1.63. The van der Waals surface area contributed by atoms with Gasteiger partial charge in [-0.1, -0.05) is 6.08 Å². The minimum Gasteiger partial charge on any atom is -0.275 e. The molecule has 0 saturated carbocycles. The van der Waals surface area contributed by atoms with Gasteiger partial charge in [-0.2, -0.15) is 0 Å². The normalized spacial score (nSPS) is 25.7. The van der Waals surface area contributed by atoms with Gasteiger partial charge in [0, 0.05) is 0 Å². The van der Waals surface area contributed by atoms with E-state index in [9.17, 15) is 0 Å². The zero-order chi connectivity index (χ0) is 7.56. The molecule has 1 aliphatic rings. The van der Waals surface area contributed by atoms with Crippen LogP contribution < -0.4 is 0 Å². The summed E-state index contributed by atoms with van der Waals surface area (Å²) in [5.41, 5.74) is 1.34. The summed E-state index contributed by atoms with van der Waals surface area (Å²) in [6.07, 6.45) is 5.45. The van der Waals surface area contributed by atoms with Gasteiger partial charge in [-0.25, -0.2) is 0 Å². The monoisotopic (exact) mass is 155 g/mol. The maximum absolute atomic E-state index is 4.49. The van der Waals surface area contributed by atoms with E-state index in [0.717, 1.165) is 6.42 Å². The van der Waals surface area contributed by atoms with Crippen LogP contribution in [0.2, 0.25) is 0 Å². The average molecular weight is 155 g/mol. The minimum atomic E-state index is 0.492. The lowest BCUT2D eigenvalue weighted by molar-refractivity contribution is 0.750. The molecule has 0 aromatic heterocycles. The van der Waals surface area contributed by atoms with Crippen molar-refractivity contribution in [2.75, 3.05) is 6.26 Å². The molecule has 0 fully saturated rings. The fourth-order valence-electron chi connectivity index (χ4n) is 1.00. The van der Waals surface area contributed by atoms with Crippen LogP contribution in [0.3, 0.4) is 0 Å². The van der Waals surface area contributed by atoms with E-state index in [1.807, 2.05) is 0 Å². The van der Waals surface area contributed by atoms with Gasteiger partial charge in [0.15, 0.2) is 0 Å². The fourth-order valence-corrected chi connectivity index (χ4v) is 1.69. The average Bonchev–Trinajstić information content (AvgIpc) is 1.94. The van der Waals surface area contributed by atoms with Gasteiger partial charge in [0.1, 0.15) is 0 Å². The number of hydrogen-bond donors (Lipinski definition) is 0. The molecule has 0 bridgehead atoms. The molecule has 56 valence electrons. The first-order valence-electron chi connectivity index (χ1n) is 3.53. The number of thioether (sulfide) groups is 1. The minimum absolute atomic E-state index is 0.492. The third-order valence-corrected chi connectivity index (χ3v) is 2.45. The van der Waals surface area contributed by atoms with Gasteiger partial charge in [-0.15, -0.1) is 11.8 Å². The van der Waals surface area contributed by atoms with E-state index in [1.54, 1.807) is 11.8 Å². The van der Waals surface area contributed by atoms with E-state index in [4.69, 9.17) is 0 Å². The number of nitrogens with zero attached hydrogens (tertiary/aromatic N) is 1. The molecule has 0 N–H and O–H groups in total. The van der Waals surface area contributed by atoms with E-state index in [-0.39, 0.29) is 0 Å². The second-order valence-corrected chi connectivity index (χ2v) is 3.41. The molecule has 0 saturated heterocycles. The van der Waals surface area contributed by atoms with Crippen LogP contribution in [0.15, 0.2) is 16.6 Å². The summed E-state index contributed by atoms with van der Waals surface area (Å²) in [4.78, 5) is 4.49. The van der Waals surface area contributed by atoms with Gasteiger partial charge in [-0.3, -0.25) is 4.99 Å². The predicted octanol–water partition coefficient (Wildman–Crippen LogP) is 2.49. The van der Waals surface area contributed by atoms with Gasteiger partial charge in [0.25, 0.3) is 0 Å². The van der Waals surface area contributed by atoms with Crippen molar-refractivity contribution >= 4 is 16.8 Å². The molecule has 0 aromatic carbocycles. The number of aliphatic imine (C=N–C) groups is 1. The van der Waals surface area contributed by atoms with E-state index < -0.39 is 0 Å². The summed E-state index contributed by atoms with van der Waals surface area (Å²) in [5.74, 6) is 0. The Bertz CT molecular complexity index is 182. The zero-order valence-electron chi connectivity index (χ0n) is 6.72. The Hall–Kier alpha value is -0.240. The van der Waals surface area contributed by atoms with Gasteiger partial charge < -0.3 is 0 Å². The highest BCUT2D eigenvalue weighted by Gasteiger charge is 2.08. The molecule has 0 aliphatic carbocycles. The Balaban J connectivity index is 2.74. The first-order valence-corrected chi connectivity index (χ1v) is 4.75. The smallest absolute Gasteiger partial charge is 0.0931 e. The standard InChI is InChI=1S/C8H13NS/c1-6-4-5-7(2)9-8(6)10-3/h4,7H,5H2,1-3H3/t7-/m0/s1. The summed E-state index contributed by atoms with van der Waals surface area (Å²) in [5, 5.41) is 1.21. The van der Waals surface area contributed by atoms with Crippen molar-refractivity contribution in [3.63, 3.8) is 0 Å². The van der Waals surface area contributed by atoms with Crippen LogP contribution in [0.1, 0.15) is 20.3 Å². The maximum atomic E-state index is 4.49. The molecule has 1 aliphatic heterocycles. The van der Waals surface area contributed by atoms with Gasteiger partial charge in [0.05, 0.1) is 11.1 Å². The first kappa shape index (κ1) is 7.86. The molecule has 1 nitrogen and oxygen atoms in total. The first-order chi connectivity index (χ1) is 4.74. The Labute approximate surface area is 66.6 Å². The van der Waals surface area contributed by atoms with E-state index in [1.165, 1.54) is 10.6 Å². The summed E-state index contributed by atoms with van der Waals surface area (Å²) in [6, 6.07) is 0.492. The zero-order valence-corrected chi connectivity index (χ0v) is 7.53. The van der Waals surface area contributed by atoms with Crippen molar-refractivity contribution in [3.8, 4) is 0 Å². The van der Waals surface area contributed by atoms with Gasteiger partial charge in [-0.05, 0) is 32.1 Å². The predicted molar refractivity (Wildman–Crippen MR) is 48.8 cm³/mol. The fraction of sp³-hybridized carbons (Fsp3) is 0.625. The Morgan fingerprint density at radius 1 is 1.70 bits per heavy atom. The van der Waals surface area contributed by atoms with E-state index >= 15 is 0 Å². The largest absolute Gasteiger partial charge is 0.275 e. The molecule has 0 amide bonds. The third kappa shape index (κ3) is 1.63. The molecular weight excluding hydrogens is 142 g/mol. The molecule has 1 rings (SSSR count). The lowest BCUT2D eigenvalue weighted by atomic mass is 10.1. The Morgan fingerprint density at radius 3 is 2.90 bits per heavy atom. The highest BCUT2D eigenvalue weighted by Crippen LogP contribution is 2.17. The van der Waals surface area contributed by atoms with Gasteiger partial charge >= 0.3 is 0 Å². The molecule has 0 unspecified atom stereocenters. The topological polar surface area (TPSA) is 12.4 Å². The molecule has 2 heteroatoms. The van der Waals surface area contributed by atoms with Crippen molar-refractivity contribution in [1.29, 1.82) is 0 Å². The second-order valence-electron chi connectivity index (χ2n) is 2.61. The van der Waals surface area contributed by atoms with Crippen LogP contribution in [-0.4, -0.2) is 17.3 Å². The van der Waals surface area contributed by atoms with Crippen molar-refractivity contribution in [2.24, 2.45) is 4.99 Å². The summed E-state index contributed by atoms with van der Waals surface area (Å²) in [6.45, 7) is 4.28. The van der Waals surface area contributed by atoms with E-state index in [2.05, 4.69) is 31.2 Å². The SMILES string of the molecule is CSC1=N[C@@H](C)CC=C1C. The van der Waals surface area contributed by atoms with E-state index in [0.29, 0.717) is 6.04 Å².